The van der Waals surface area contributed by atoms with E-state index in [9.17, 15) is 4.79 Å². The van der Waals surface area contributed by atoms with Gasteiger partial charge in [-0.25, -0.2) is 4.79 Å². The van der Waals surface area contributed by atoms with Crippen LogP contribution in [-0.2, 0) is 6.42 Å². The number of halogens is 1. The number of carboxylic acid groups (broad SMARTS) is 1. The topological polar surface area (TPSA) is 46.5 Å². The summed E-state index contributed by atoms with van der Waals surface area (Å²) in [5, 5.41) is 8.91. The maximum Gasteiger partial charge on any atom is 0.335 e. The molecular formula is C16H13BrO3. The minimum Gasteiger partial charge on any atom is -0.492 e. The van der Waals surface area contributed by atoms with Gasteiger partial charge in [0.05, 0.1) is 16.6 Å². The molecule has 1 atom stereocenters. The lowest BCUT2D eigenvalue weighted by atomic mass is 9.78. The third-order valence-corrected chi connectivity index (χ3v) is 4.20. The molecule has 102 valence electrons. The van der Waals surface area contributed by atoms with Crippen molar-refractivity contribution in [2.45, 2.75) is 12.3 Å². The maximum atomic E-state index is 10.9. The molecule has 0 amide bonds. The van der Waals surface area contributed by atoms with Crippen LogP contribution in [0.4, 0.5) is 0 Å². The molecule has 0 heterocycles. The van der Waals surface area contributed by atoms with Crippen molar-refractivity contribution >= 4 is 21.9 Å². The van der Waals surface area contributed by atoms with Crippen molar-refractivity contribution < 1.29 is 14.6 Å². The van der Waals surface area contributed by atoms with Crippen LogP contribution in [0.25, 0.3) is 0 Å². The molecule has 4 heteroatoms. The van der Waals surface area contributed by atoms with Gasteiger partial charge in [0.15, 0.2) is 0 Å². The lowest BCUT2D eigenvalue weighted by Gasteiger charge is -2.30. The predicted molar refractivity (Wildman–Crippen MR) is 79.5 cm³/mol. The van der Waals surface area contributed by atoms with Crippen LogP contribution in [0.3, 0.4) is 0 Å². The Balaban J connectivity index is 1.67. The van der Waals surface area contributed by atoms with E-state index < -0.39 is 5.97 Å². The highest BCUT2D eigenvalue weighted by molar-refractivity contribution is 9.10. The number of hydrogen-bond donors (Lipinski definition) is 1. The highest BCUT2D eigenvalue weighted by atomic mass is 79.9. The molecule has 0 aromatic heterocycles. The Labute approximate surface area is 125 Å². The second-order valence-corrected chi connectivity index (χ2v) is 5.72. The van der Waals surface area contributed by atoms with Crippen LogP contribution in [0, 0.1) is 0 Å². The molecule has 1 unspecified atom stereocenters. The van der Waals surface area contributed by atoms with Crippen LogP contribution in [0.2, 0.25) is 0 Å². The van der Waals surface area contributed by atoms with Crippen LogP contribution in [0.5, 0.6) is 5.75 Å². The molecule has 1 aliphatic carbocycles. The standard InChI is InChI=1S/C16H13BrO3/c17-14-8-11(16(18)19)5-6-15(14)20-9-12-7-10-3-1-2-4-13(10)12/h1-6,8,12H,7,9H2,(H,18,19). The normalized spacial score (nSPS) is 16.1. The quantitative estimate of drug-likeness (QED) is 0.924. The van der Waals surface area contributed by atoms with E-state index >= 15 is 0 Å². The zero-order valence-electron chi connectivity index (χ0n) is 10.7. The molecule has 0 spiro atoms. The monoisotopic (exact) mass is 332 g/mol. The molecule has 0 bridgehead atoms. The van der Waals surface area contributed by atoms with Crippen LogP contribution in [0.1, 0.15) is 27.4 Å². The third kappa shape index (κ3) is 2.43. The molecule has 3 rings (SSSR count). The average molecular weight is 333 g/mol. The van der Waals surface area contributed by atoms with Crippen molar-refractivity contribution in [3.05, 3.63) is 63.6 Å². The summed E-state index contributed by atoms with van der Waals surface area (Å²) in [6.07, 6.45) is 1.04. The minimum atomic E-state index is -0.940. The van der Waals surface area contributed by atoms with Crippen molar-refractivity contribution in [1.82, 2.24) is 0 Å². The number of rotatable bonds is 4. The second-order valence-electron chi connectivity index (χ2n) is 4.86. The van der Waals surface area contributed by atoms with Crippen LogP contribution < -0.4 is 4.74 Å². The summed E-state index contributed by atoms with van der Waals surface area (Å²) in [6, 6.07) is 13.2. The molecule has 1 aliphatic rings. The van der Waals surface area contributed by atoms with E-state index in [0.717, 1.165) is 6.42 Å². The second kappa shape index (κ2) is 5.29. The van der Waals surface area contributed by atoms with Gasteiger partial charge in [-0.05, 0) is 51.7 Å². The fourth-order valence-electron chi connectivity index (χ4n) is 2.45. The maximum absolute atomic E-state index is 10.9. The smallest absolute Gasteiger partial charge is 0.335 e. The number of carboxylic acids is 1. The SMILES string of the molecule is O=C(O)c1ccc(OCC2Cc3ccccc32)c(Br)c1. The molecule has 0 saturated heterocycles. The Hall–Kier alpha value is -1.81. The van der Waals surface area contributed by atoms with Gasteiger partial charge in [-0.1, -0.05) is 24.3 Å². The molecule has 1 N–H and O–H groups in total. The van der Waals surface area contributed by atoms with E-state index in [1.807, 2.05) is 6.07 Å². The van der Waals surface area contributed by atoms with Gasteiger partial charge in [0.2, 0.25) is 0 Å². The van der Waals surface area contributed by atoms with Crippen LogP contribution in [-0.4, -0.2) is 17.7 Å². The van der Waals surface area contributed by atoms with E-state index in [2.05, 4.69) is 34.1 Å². The predicted octanol–water partition coefficient (Wildman–Crippen LogP) is 3.87. The van der Waals surface area contributed by atoms with E-state index in [1.54, 1.807) is 18.2 Å². The van der Waals surface area contributed by atoms with E-state index in [4.69, 9.17) is 9.84 Å². The molecule has 0 radical (unpaired) electrons. The molecule has 0 fully saturated rings. The third-order valence-electron chi connectivity index (χ3n) is 3.58. The molecule has 2 aromatic carbocycles. The lowest BCUT2D eigenvalue weighted by Crippen LogP contribution is -2.23. The van der Waals surface area contributed by atoms with Gasteiger partial charge in [0.1, 0.15) is 5.75 Å². The first kappa shape index (κ1) is 13.2. The Bertz CT molecular complexity index is 667. The van der Waals surface area contributed by atoms with Crippen molar-refractivity contribution in [2.24, 2.45) is 0 Å². The number of ether oxygens (including phenoxy) is 1. The highest BCUT2D eigenvalue weighted by Gasteiger charge is 2.26. The van der Waals surface area contributed by atoms with Crippen molar-refractivity contribution in [3.63, 3.8) is 0 Å². The van der Waals surface area contributed by atoms with Gasteiger partial charge in [0, 0.05) is 5.92 Å². The summed E-state index contributed by atoms with van der Waals surface area (Å²) in [5.74, 6) is 0.168. The molecule has 3 nitrogen and oxygen atoms in total. The van der Waals surface area contributed by atoms with Gasteiger partial charge >= 0.3 is 5.97 Å². The lowest BCUT2D eigenvalue weighted by molar-refractivity contribution is 0.0696. The van der Waals surface area contributed by atoms with E-state index in [1.165, 1.54) is 11.1 Å². The van der Waals surface area contributed by atoms with Gasteiger partial charge in [-0.3, -0.25) is 0 Å². The molecule has 0 saturated carbocycles. The number of fused-ring (bicyclic) bond motifs is 1. The number of benzene rings is 2. The summed E-state index contributed by atoms with van der Waals surface area (Å²) < 4.78 is 6.46. The van der Waals surface area contributed by atoms with Crippen LogP contribution >= 0.6 is 15.9 Å². The zero-order chi connectivity index (χ0) is 14.1. The van der Waals surface area contributed by atoms with Gasteiger partial charge in [-0.2, -0.15) is 0 Å². The van der Waals surface area contributed by atoms with Crippen molar-refractivity contribution in [2.75, 3.05) is 6.61 Å². The Morgan fingerprint density at radius 1 is 1.30 bits per heavy atom. The van der Waals surface area contributed by atoms with Crippen LogP contribution in [0.15, 0.2) is 46.9 Å². The van der Waals surface area contributed by atoms with Gasteiger partial charge < -0.3 is 9.84 Å². The summed E-state index contributed by atoms with van der Waals surface area (Å²) in [7, 11) is 0. The number of carbonyl (C=O) groups is 1. The fourth-order valence-corrected chi connectivity index (χ4v) is 2.95. The molecule has 0 aliphatic heterocycles. The molecular weight excluding hydrogens is 320 g/mol. The first-order valence-electron chi connectivity index (χ1n) is 6.38. The van der Waals surface area contributed by atoms with Crippen molar-refractivity contribution in [3.8, 4) is 5.75 Å². The van der Waals surface area contributed by atoms with E-state index in [0.29, 0.717) is 22.7 Å². The minimum absolute atomic E-state index is 0.248. The van der Waals surface area contributed by atoms with Gasteiger partial charge in [-0.15, -0.1) is 0 Å². The number of hydrogen-bond acceptors (Lipinski definition) is 2. The summed E-state index contributed by atoms with van der Waals surface area (Å²) in [6.45, 7) is 0.613. The Kier molecular flexibility index (Phi) is 3.49. The molecule has 20 heavy (non-hydrogen) atoms. The molecule has 2 aromatic rings. The summed E-state index contributed by atoms with van der Waals surface area (Å²) >= 11 is 3.35. The highest BCUT2D eigenvalue weighted by Crippen LogP contribution is 2.36. The summed E-state index contributed by atoms with van der Waals surface area (Å²) in [4.78, 5) is 10.9. The van der Waals surface area contributed by atoms with E-state index in [-0.39, 0.29) is 5.56 Å². The zero-order valence-corrected chi connectivity index (χ0v) is 12.3. The first-order chi connectivity index (χ1) is 9.65. The number of aromatic carboxylic acids is 1. The first-order valence-corrected chi connectivity index (χ1v) is 7.18. The largest absolute Gasteiger partial charge is 0.492 e. The average Bonchev–Trinajstić information content (AvgIpc) is 2.41. The Morgan fingerprint density at radius 3 is 2.80 bits per heavy atom. The van der Waals surface area contributed by atoms with Crippen molar-refractivity contribution in [1.29, 1.82) is 0 Å². The summed E-state index contributed by atoms with van der Waals surface area (Å²) in [5.41, 5.74) is 2.99. The fraction of sp³-hybridized carbons (Fsp3) is 0.188. The Morgan fingerprint density at radius 2 is 2.10 bits per heavy atom. The van der Waals surface area contributed by atoms with Gasteiger partial charge in [0.25, 0.3) is 0 Å².